The molecule has 202 valence electrons. The number of carbonyl (C=O) groups excluding carboxylic acids is 2. The maximum absolute atomic E-state index is 13.8. The van der Waals surface area contributed by atoms with E-state index < -0.39 is 28.5 Å². The zero-order valence-electron chi connectivity index (χ0n) is 21.8. The van der Waals surface area contributed by atoms with Crippen LogP contribution in [0.5, 0.6) is 5.75 Å². The smallest absolute Gasteiger partial charge is 0.264 e. The summed E-state index contributed by atoms with van der Waals surface area (Å²) in [6.07, 6.45) is 0. The Morgan fingerprint density at radius 3 is 2.37 bits per heavy atom. The molecular formula is C28H32ClN3O5S. The van der Waals surface area contributed by atoms with Crippen LogP contribution >= 0.6 is 11.6 Å². The van der Waals surface area contributed by atoms with E-state index in [1.165, 1.54) is 23.1 Å². The molecule has 0 unspecified atom stereocenters. The number of rotatable bonds is 11. The second-order valence-corrected chi connectivity index (χ2v) is 11.0. The number of hydrogen-bond acceptors (Lipinski definition) is 5. The van der Waals surface area contributed by atoms with Crippen LogP contribution < -0.4 is 14.4 Å². The first-order valence-electron chi connectivity index (χ1n) is 12.1. The minimum Gasteiger partial charge on any atom is -0.497 e. The second-order valence-electron chi connectivity index (χ2n) is 8.70. The Morgan fingerprint density at radius 2 is 1.74 bits per heavy atom. The molecule has 3 aromatic carbocycles. The molecule has 0 bridgehead atoms. The van der Waals surface area contributed by atoms with Crippen molar-refractivity contribution in [3.8, 4) is 5.75 Å². The largest absolute Gasteiger partial charge is 0.497 e. The van der Waals surface area contributed by atoms with Crippen LogP contribution in [0.3, 0.4) is 0 Å². The first-order valence-corrected chi connectivity index (χ1v) is 13.9. The molecule has 0 aliphatic rings. The summed E-state index contributed by atoms with van der Waals surface area (Å²) in [5, 5.41) is 3.10. The summed E-state index contributed by atoms with van der Waals surface area (Å²) in [7, 11) is -2.61. The summed E-state index contributed by atoms with van der Waals surface area (Å²) in [6.45, 7) is 5.13. The SMILES string of the molecule is CCNC(=O)[C@@H](C)N(Cc1cccc(OC)c1)C(=O)CN(c1ccc(C)c(Cl)c1)S(=O)(=O)c1ccccc1. The van der Waals surface area contributed by atoms with Gasteiger partial charge >= 0.3 is 0 Å². The third-order valence-corrected chi connectivity index (χ3v) is 8.25. The van der Waals surface area contributed by atoms with Crippen LogP contribution in [0.4, 0.5) is 5.69 Å². The number of benzene rings is 3. The van der Waals surface area contributed by atoms with Crippen LogP contribution in [0.15, 0.2) is 77.7 Å². The number of carbonyl (C=O) groups is 2. The first-order chi connectivity index (χ1) is 18.1. The average Bonchev–Trinajstić information content (AvgIpc) is 2.92. The van der Waals surface area contributed by atoms with E-state index in [0.29, 0.717) is 17.3 Å². The summed E-state index contributed by atoms with van der Waals surface area (Å²) in [4.78, 5) is 28.0. The van der Waals surface area contributed by atoms with Gasteiger partial charge in [0, 0.05) is 18.1 Å². The van der Waals surface area contributed by atoms with E-state index in [1.807, 2.05) is 6.07 Å². The van der Waals surface area contributed by atoms with Crippen LogP contribution in [0.25, 0.3) is 0 Å². The van der Waals surface area contributed by atoms with Crippen molar-refractivity contribution in [1.29, 1.82) is 0 Å². The second kappa shape index (κ2) is 12.8. The van der Waals surface area contributed by atoms with Gasteiger partial charge in [0.2, 0.25) is 11.8 Å². The first kappa shape index (κ1) is 29.0. The molecule has 8 nitrogen and oxygen atoms in total. The maximum Gasteiger partial charge on any atom is 0.264 e. The van der Waals surface area contributed by atoms with Gasteiger partial charge in [0.25, 0.3) is 10.0 Å². The van der Waals surface area contributed by atoms with Crippen molar-refractivity contribution in [1.82, 2.24) is 10.2 Å². The number of nitrogens with zero attached hydrogens (tertiary/aromatic N) is 2. The zero-order valence-corrected chi connectivity index (χ0v) is 23.4. The normalized spacial score (nSPS) is 11.9. The molecule has 1 atom stereocenters. The number of amides is 2. The topological polar surface area (TPSA) is 96.0 Å². The Balaban J connectivity index is 2.05. The Bertz CT molecular complexity index is 1380. The Kier molecular flexibility index (Phi) is 9.77. The summed E-state index contributed by atoms with van der Waals surface area (Å²) in [5.41, 5.74) is 1.73. The summed E-state index contributed by atoms with van der Waals surface area (Å²) in [6, 6.07) is 19.0. The van der Waals surface area contributed by atoms with E-state index in [2.05, 4.69) is 5.32 Å². The number of nitrogens with one attached hydrogen (secondary N) is 1. The minimum absolute atomic E-state index is 0.0283. The molecule has 0 saturated carbocycles. The van der Waals surface area contributed by atoms with Gasteiger partial charge in [-0.15, -0.1) is 0 Å². The number of ether oxygens (including phenoxy) is 1. The molecule has 0 heterocycles. The molecular weight excluding hydrogens is 526 g/mol. The number of sulfonamides is 1. The number of hydrogen-bond donors (Lipinski definition) is 1. The molecule has 0 radical (unpaired) electrons. The fraction of sp³-hybridized carbons (Fsp3) is 0.286. The van der Waals surface area contributed by atoms with E-state index in [9.17, 15) is 18.0 Å². The number of methoxy groups -OCH3 is 1. The van der Waals surface area contributed by atoms with E-state index >= 15 is 0 Å². The minimum atomic E-state index is -4.15. The van der Waals surface area contributed by atoms with Gasteiger partial charge in [-0.05, 0) is 68.3 Å². The number of aryl methyl sites for hydroxylation is 1. The van der Waals surface area contributed by atoms with Crippen molar-refractivity contribution in [3.05, 3.63) is 88.9 Å². The molecule has 38 heavy (non-hydrogen) atoms. The number of halogens is 1. The molecule has 0 fully saturated rings. The maximum atomic E-state index is 13.8. The predicted molar refractivity (Wildman–Crippen MR) is 149 cm³/mol. The molecule has 10 heteroatoms. The van der Waals surface area contributed by atoms with Crippen molar-refractivity contribution in [3.63, 3.8) is 0 Å². The third kappa shape index (κ3) is 6.85. The van der Waals surface area contributed by atoms with Crippen LogP contribution in [0, 0.1) is 6.92 Å². The van der Waals surface area contributed by atoms with Gasteiger partial charge in [0.1, 0.15) is 18.3 Å². The Hall–Kier alpha value is -3.56. The highest BCUT2D eigenvalue weighted by Gasteiger charge is 2.32. The number of anilines is 1. The molecule has 1 N–H and O–H groups in total. The molecule has 0 spiro atoms. The van der Waals surface area contributed by atoms with Gasteiger partial charge in [0.15, 0.2) is 0 Å². The molecule has 0 aliphatic heterocycles. The summed E-state index contributed by atoms with van der Waals surface area (Å²) >= 11 is 6.33. The monoisotopic (exact) mass is 557 g/mol. The van der Waals surface area contributed by atoms with E-state index in [4.69, 9.17) is 16.3 Å². The zero-order chi connectivity index (χ0) is 27.9. The van der Waals surface area contributed by atoms with Crippen molar-refractivity contribution < 1.29 is 22.7 Å². The lowest BCUT2D eigenvalue weighted by atomic mass is 10.1. The highest BCUT2D eigenvalue weighted by Crippen LogP contribution is 2.28. The van der Waals surface area contributed by atoms with Gasteiger partial charge in [-0.3, -0.25) is 13.9 Å². The third-order valence-electron chi connectivity index (χ3n) is 6.06. The van der Waals surface area contributed by atoms with Gasteiger partial charge in [0.05, 0.1) is 17.7 Å². The molecule has 0 saturated heterocycles. The van der Waals surface area contributed by atoms with E-state index in [1.54, 1.807) is 76.4 Å². The van der Waals surface area contributed by atoms with Crippen molar-refractivity contribution >= 4 is 39.1 Å². The molecule has 3 rings (SSSR count). The molecule has 2 amide bonds. The Morgan fingerprint density at radius 1 is 1.03 bits per heavy atom. The lowest BCUT2D eigenvalue weighted by Crippen LogP contribution is -2.51. The molecule has 0 aliphatic carbocycles. The lowest BCUT2D eigenvalue weighted by molar-refractivity contribution is -0.139. The van der Waals surface area contributed by atoms with Gasteiger partial charge < -0.3 is 15.0 Å². The van der Waals surface area contributed by atoms with Crippen molar-refractivity contribution in [2.24, 2.45) is 0 Å². The predicted octanol–water partition coefficient (Wildman–Crippen LogP) is 4.41. The van der Waals surface area contributed by atoms with Gasteiger partial charge in [-0.25, -0.2) is 8.42 Å². The highest BCUT2D eigenvalue weighted by molar-refractivity contribution is 7.92. The van der Waals surface area contributed by atoms with Crippen molar-refractivity contribution in [2.45, 2.75) is 38.3 Å². The van der Waals surface area contributed by atoms with E-state index in [0.717, 1.165) is 15.4 Å². The van der Waals surface area contributed by atoms with Gasteiger partial charge in [-0.1, -0.05) is 48.0 Å². The fourth-order valence-electron chi connectivity index (χ4n) is 3.86. The highest BCUT2D eigenvalue weighted by atomic mass is 35.5. The lowest BCUT2D eigenvalue weighted by Gasteiger charge is -2.32. The van der Waals surface area contributed by atoms with Gasteiger partial charge in [-0.2, -0.15) is 0 Å². The standard InChI is InChI=1S/C28H32ClN3O5S/c1-5-30-28(34)21(3)31(18-22-10-9-11-24(16-22)37-4)27(33)19-32(23-15-14-20(2)26(29)17-23)38(35,36)25-12-7-6-8-13-25/h6-17,21H,5,18-19H2,1-4H3,(H,30,34)/t21-/m1/s1. The van der Waals surface area contributed by atoms with Crippen molar-refractivity contribution in [2.75, 3.05) is 24.5 Å². The molecule has 0 aromatic heterocycles. The summed E-state index contributed by atoms with van der Waals surface area (Å²) in [5.74, 6) is -0.300. The fourth-order valence-corrected chi connectivity index (χ4v) is 5.46. The molecule has 3 aromatic rings. The van der Waals surface area contributed by atoms with E-state index in [-0.39, 0.29) is 23.0 Å². The van der Waals surface area contributed by atoms with Crippen LogP contribution in [-0.2, 0) is 26.2 Å². The number of likely N-dealkylation sites (N-methyl/N-ethyl adjacent to an activating group) is 1. The van der Waals surface area contributed by atoms with Crippen LogP contribution in [0.2, 0.25) is 5.02 Å². The van der Waals surface area contributed by atoms with Crippen LogP contribution in [-0.4, -0.2) is 51.4 Å². The van der Waals surface area contributed by atoms with Crippen LogP contribution in [0.1, 0.15) is 25.0 Å². The summed E-state index contributed by atoms with van der Waals surface area (Å²) < 4.78 is 33.8. The quantitative estimate of drug-likeness (QED) is 0.377. The average molecular weight is 558 g/mol. The Labute approximate surface area is 229 Å².